The lowest BCUT2D eigenvalue weighted by atomic mass is 9.87. The van der Waals surface area contributed by atoms with Gasteiger partial charge in [-0.3, -0.25) is 9.36 Å². The van der Waals surface area contributed by atoms with E-state index in [2.05, 4.69) is 71.9 Å². The summed E-state index contributed by atoms with van der Waals surface area (Å²) in [5.74, 6) is 1.76. The molecule has 0 amide bonds. The zero-order chi connectivity index (χ0) is 20.1. The molecule has 0 aliphatic heterocycles. The molecule has 1 aromatic heterocycles. The first kappa shape index (κ1) is 20.3. The van der Waals surface area contributed by atoms with Gasteiger partial charge in [-0.2, -0.15) is 0 Å². The number of aromatic nitrogens is 3. The average Bonchev–Trinajstić information content (AvgIpc) is 3.04. The van der Waals surface area contributed by atoms with Crippen LogP contribution in [-0.2, 0) is 16.8 Å². The molecule has 0 atom stereocenters. The highest BCUT2D eigenvalue weighted by atomic mass is 32.2. The molecule has 3 rings (SSSR count). The molecule has 0 spiro atoms. The number of benzene rings is 2. The maximum Gasteiger partial charge on any atom is 0.191 e. The third-order valence-corrected chi connectivity index (χ3v) is 5.56. The molecular formula is C23H27N3OS. The van der Waals surface area contributed by atoms with Gasteiger partial charge in [0.15, 0.2) is 11.0 Å². The zero-order valence-electron chi connectivity index (χ0n) is 17.0. The van der Waals surface area contributed by atoms with Gasteiger partial charge in [0.1, 0.15) is 5.78 Å². The molecule has 0 fully saturated rings. The first-order valence-electron chi connectivity index (χ1n) is 9.55. The first-order chi connectivity index (χ1) is 13.3. The molecular weight excluding hydrogens is 366 g/mol. The third kappa shape index (κ3) is 5.10. The van der Waals surface area contributed by atoms with Crippen molar-refractivity contribution in [2.45, 2.75) is 51.2 Å². The van der Waals surface area contributed by atoms with Gasteiger partial charge in [-0.1, -0.05) is 87.1 Å². The van der Waals surface area contributed by atoms with Crippen LogP contribution in [0.5, 0.6) is 0 Å². The maximum atomic E-state index is 11.3. The molecule has 0 unspecified atom stereocenters. The van der Waals surface area contributed by atoms with Gasteiger partial charge in [0.25, 0.3) is 0 Å². The molecule has 0 aliphatic rings. The molecule has 5 heteroatoms. The highest BCUT2D eigenvalue weighted by Crippen LogP contribution is 2.28. The van der Waals surface area contributed by atoms with E-state index in [1.165, 1.54) is 11.1 Å². The van der Waals surface area contributed by atoms with E-state index in [4.69, 9.17) is 0 Å². The minimum absolute atomic E-state index is 0.115. The molecule has 2 aromatic carbocycles. The SMILES string of the molecule is CC(=O)CCSc1nnc(-c2ccc(C(C)(C)C)cc2)n1Cc1ccccc1. The van der Waals surface area contributed by atoms with Crippen LogP contribution in [0.3, 0.4) is 0 Å². The van der Waals surface area contributed by atoms with E-state index in [1.54, 1.807) is 18.7 Å². The molecule has 0 aliphatic carbocycles. The summed E-state index contributed by atoms with van der Waals surface area (Å²) in [5.41, 5.74) is 3.66. The van der Waals surface area contributed by atoms with Crippen molar-refractivity contribution in [1.82, 2.24) is 14.8 Å². The van der Waals surface area contributed by atoms with Crippen molar-refractivity contribution in [3.63, 3.8) is 0 Å². The monoisotopic (exact) mass is 393 g/mol. The summed E-state index contributed by atoms with van der Waals surface area (Å²) >= 11 is 1.59. The van der Waals surface area contributed by atoms with Crippen LogP contribution in [-0.4, -0.2) is 26.3 Å². The first-order valence-corrected chi connectivity index (χ1v) is 10.5. The Hall–Kier alpha value is -2.40. The second-order valence-electron chi connectivity index (χ2n) is 8.01. The third-order valence-electron chi connectivity index (χ3n) is 4.59. The number of nitrogens with zero attached hydrogens (tertiary/aromatic N) is 3. The Bertz CT molecular complexity index is 925. The van der Waals surface area contributed by atoms with Crippen molar-refractivity contribution in [2.24, 2.45) is 0 Å². The van der Waals surface area contributed by atoms with Gasteiger partial charge in [0.05, 0.1) is 6.54 Å². The number of carbonyl (C=O) groups is 1. The van der Waals surface area contributed by atoms with E-state index in [0.717, 1.165) is 16.5 Å². The van der Waals surface area contributed by atoms with E-state index in [-0.39, 0.29) is 11.2 Å². The quantitative estimate of drug-likeness (QED) is 0.507. The molecule has 0 saturated heterocycles. The standard InChI is InChI=1S/C23H27N3OS/c1-17(27)14-15-28-22-25-24-21(26(22)16-18-8-6-5-7-9-18)19-10-12-20(13-11-19)23(2,3)4/h5-13H,14-16H2,1-4H3. The van der Waals surface area contributed by atoms with Crippen LogP contribution < -0.4 is 0 Å². The van der Waals surface area contributed by atoms with E-state index in [9.17, 15) is 4.79 Å². The summed E-state index contributed by atoms with van der Waals surface area (Å²) in [6, 6.07) is 18.9. The lowest BCUT2D eigenvalue weighted by Crippen LogP contribution is -2.10. The van der Waals surface area contributed by atoms with E-state index in [0.29, 0.717) is 18.7 Å². The summed E-state index contributed by atoms with van der Waals surface area (Å²) in [6.07, 6.45) is 0.540. The number of thioether (sulfide) groups is 1. The summed E-state index contributed by atoms with van der Waals surface area (Å²) in [4.78, 5) is 11.3. The Kier molecular flexibility index (Phi) is 6.35. The molecule has 0 radical (unpaired) electrons. The number of ketones is 1. The van der Waals surface area contributed by atoms with E-state index < -0.39 is 0 Å². The van der Waals surface area contributed by atoms with Gasteiger partial charge in [0, 0.05) is 17.7 Å². The predicted molar refractivity (Wildman–Crippen MR) is 116 cm³/mol. The number of hydrogen-bond donors (Lipinski definition) is 0. The van der Waals surface area contributed by atoms with Gasteiger partial charge >= 0.3 is 0 Å². The fraction of sp³-hybridized carbons (Fsp3) is 0.348. The minimum atomic E-state index is 0.115. The number of rotatable bonds is 7. The van der Waals surface area contributed by atoms with Crippen molar-refractivity contribution in [3.05, 3.63) is 65.7 Å². The molecule has 0 N–H and O–H groups in total. The summed E-state index contributed by atoms with van der Waals surface area (Å²) in [7, 11) is 0. The number of hydrogen-bond acceptors (Lipinski definition) is 4. The van der Waals surface area contributed by atoms with Crippen molar-refractivity contribution < 1.29 is 4.79 Å². The summed E-state index contributed by atoms with van der Waals surface area (Å²) in [5, 5.41) is 9.75. The van der Waals surface area contributed by atoms with Gasteiger partial charge < -0.3 is 0 Å². The second kappa shape index (κ2) is 8.74. The molecule has 1 heterocycles. The van der Waals surface area contributed by atoms with Crippen LogP contribution in [0, 0.1) is 0 Å². The highest BCUT2D eigenvalue weighted by Gasteiger charge is 2.17. The van der Waals surface area contributed by atoms with Gasteiger partial charge in [-0.15, -0.1) is 10.2 Å². The normalized spacial score (nSPS) is 11.6. The topological polar surface area (TPSA) is 47.8 Å². The van der Waals surface area contributed by atoms with Gasteiger partial charge in [-0.05, 0) is 23.5 Å². The number of Topliss-reactive ketones (excluding diaryl/α,β-unsaturated/α-hetero) is 1. The lowest BCUT2D eigenvalue weighted by Gasteiger charge is -2.19. The van der Waals surface area contributed by atoms with Crippen LogP contribution >= 0.6 is 11.8 Å². The smallest absolute Gasteiger partial charge is 0.191 e. The Morgan fingerprint density at radius 1 is 1.00 bits per heavy atom. The van der Waals surface area contributed by atoms with Gasteiger partial charge in [-0.25, -0.2) is 0 Å². The van der Waals surface area contributed by atoms with Crippen molar-refractivity contribution in [3.8, 4) is 11.4 Å². The molecule has 0 bridgehead atoms. The Labute approximate surface area is 171 Å². The summed E-state index contributed by atoms with van der Waals surface area (Å²) < 4.78 is 2.15. The van der Waals surface area contributed by atoms with Crippen molar-refractivity contribution in [1.29, 1.82) is 0 Å². The van der Waals surface area contributed by atoms with Crippen LogP contribution in [0.1, 0.15) is 45.2 Å². The van der Waals surface area contributed by atoms with Crippen molar-refractivity contribution >= 4 is 17.5 Å². The Morgan fingerprint density at radius 3 is 2.29 bits per heavy atom. The predicted octanol–water partition coefficient (Wildman–Crippen LogP) is 5.36. The lowest BCUT2D eigenvalue weighted by molar-refractivity contribution is -0.116. The Morgan fingerprint density at radius 2 is 1.68 bits per heavy atom. The zero-order valence-corrected chi connectivity index (χ0v) is 17.8. The highest BCUT2D eigenvalue weighted by molar-refractivity contribution is 7.99. The molecule has 4 nitrogen and oxygen atoms in total. The van der Waals surface area contributed by atoms with Crippen LogP contribution in [0.25, 0.3) is 11.4 Å². The van der Waals surface area contributed by atoms with Crippen LogP contribution in [0.2, 0.25) is 0 Å². The number of carbonyl (C=O) groups excluding carboxylic acids is 1. The Balaban J connectivity index is 1.93. The molecule has 28 heavy (non-hydrogen) atoms. The van der Waals surface area contributed by atoms with Crippen LogP contribution in [0.15, 0.2) is 59.8 Å². The second-order valence-corrected chi connectivity index (χ2v) is 9.07. The average molecular weight is 394 g/mol. The largest absolute Gasteiger partial charge is 0.300 e. The van der Waals surface area contributed by atoms with Crippen LogP contribution in [0.4, 0.5) is 0 Å². The fourth-order valence-electron chi connectivity index (χ4n) is 2.92. The van der Waals surface area contributed by atoms with Crippen molar-refractivity contribution in [2.75, 3.05) is 5.75 Å². The van der Waals surface area contributed by atoms with Gasteiger partial charge in [0.2, 0.25) is 0 Å². The summed E-state index contributed by atoms with van der Waals surface area (Å²) in [6.45, 7) is 8.96. The molecule has 0 saturated carbocycles. The fourth-order valence-corrected chi connectivity index (χ4v) is 3.90. The van der Waals surface area contributed by atoms with E-state index >= 15 is 0 Å². The maximum absolute atomic E-state index is 11.3. The molecule has 3 aromatic rings. The minimum Gasteiger partial charge on any atom is -0.300 e. The van der Waals surface area contributed by atoms with E-state index in [1.807, 2.05) is 18.2 Å². The molecule has 146 valence electrons.